The molecule has 0 saturated carbocycles. The number of aromatic nitrogens is 1. The molecule has 0 aliphatic rings. The van der Waals surface area contributed by atoms with E-state index in [1.807, 2.05) is 35.7 Å². The molecule has 0 aliphatic carbocycles. The van der Waals surface area contributed by atoms with E-state index in [0.717, 1.165) is 10.6 Å². The first-order valence-electron chi connectivity index (χ1n) is 5.62. The summed E-state index contributed by atoms with van der Waals surface area (Å²) in [7, 11) is 1.74. The number of pyridine rings is 1. The molecule has 1 unspecified atom stereocenters. The quantitative estimate of drug-likeness (QED) is 0.913. The molecule has 4 nitrogen and oxygen atoms in total. The van der Waals surface area contributed by atoms with Crippen molar-refractivity contribution in [3.8, 4) is 0 Å². The van der Waals surface area contributed by atoms with Crippen LogP contribution in [0.1, 0.15) is 16.6 Å². The predicted octanol–water partition coefficient (Wildman–Crippen LogP) is 1.80. The van der Waals surface area contributed by atoms with Crippen molar-refractivity contribution in [2.45, 2.75) is 12.6 Å². The second-order valence-electron chi connectivity index (χ2n) is 4.01. The molecule has 0 aliphatic heterocycles. The van der Waals surface area contributed by atoms with E-state index in [0.29, 0.717) is 6.54 Å². The Balaban J connectivity index is 2.01. The van der Waals surface area contributed by atoms with Crippen molar-refractivity contribution in [1.29, 1.82) is 0 Å². The van der Waals surface area contributed by atoms with Crippen LogP contribution in [0, 0.1) is 0 Å². The van der Waals surface area contributed by atoms with Crippen LogP contribution in [0.15, 0.2) is 41.9 Å². The van der Waals surface area contributed by atoms with Crippen molar-refractivity contribution in [3.05, 3.63) is 52.5 Å². The second-order valence-corrected chi connectivity index (χ2v) is 4.99. The Morgan fingerprint density at radius 1 is 1.44 bits per heavy atom. The molecule has 0 aromatic carbocycles. The summed E-state index contributed by atoms with van der Waals surface area (Å²) in [6, 6.07) is 8.83. The fraction of sp³-hybridized carbons (Fsp3) is 0.231. The number of likely N-dealkylation sites (N-methyl/N-ethyl adjacent to an activating group) is 1. The molecule has 0 bridgehead atoms. The Morgan fingerprint density at radius 2 is 2.28 bits per heavy atom. The van der Waals surface area contributed by atoms with Gasteiger partial charge in [0.25, 0.3) is 0 Å². The van der Waals surface area contributed by atoms with Crippen LogP contribution in [0.2, 0.25) is 0 Å². The molecule has 0 saturated heterocycles. The highest BCUT2D eigenvalue weighted by atomic mass is 32.1. The van der Waals surface area contributed by atoms with E-state index in [2.05, 4.69) is 4.98 Å². The third-order valence-corrected chi connectivity index (χ3v) is 3.57. The molecule has 0 fully saturated rings. The van der Waals surface area contributed by atoms with Crippen LogP contribution in [0.3, 0.4) is 0 Å². The number of carbonyl (C=O) groups is 1. The van der Waals surface area contributed by atoms with E-state index in [4.69, 9.17) is 5.73 Å². The van der Waals surface area contributed by atoms with Crippen molar-refractivity contribution in [3.63, 3.8) is 0 Å². The number of thiophene rings is 1. The molecule has 1 atom stereocenters. The van der Waals surface area contributed by atoms with Crippen LogP contribution in [0.4, 0.5) is 0 Å². The molecule has 2 N–H and O–H groups in total. The maximum atomic E-state index is 12.1. The molecule has 2 rings (SSSR count). The van der Waals surface area contributed by atoms with Gasteiger partial charge in [0.05, 0.1) is 12.2 Å². The lowest BCUT2D eigenvalue weighted by molar-refractivity contribution is -0.131. The number of carbonyl (C=O) groups excluding carboxylic acids is 1. The largest absolute Gasteiger partial charge is 0.338 e. The van der Waals surface area contributed by atoms with Crippen LogP contribution in [-0.4, -0.2) is 22.8 Å². The highest BCUT2D eigenvalue weighted by Crippen LogP contribution is 2.18. The minimum atomic E-state index is -0.585. The first-order valence-corrected chi connectivity index (χ1v) is 6.50. The van der Waals surface area contributed by atoms with E-state index in [1.54, 1.807) is 18.1 Å². The Kier molecular flexibility index (Phi) is 4.07. The first-order chi connectivity index (χ1) is 8.68. The zero-order valence-corrected chi connectivity index (χ0v) is 10.9. The van der Waals surface area contributed by atoms with Crippen LogP contribution >= 0.6 is 11.3 Å². The summed E-state index contributed by atoms with van der Waals surface area (Å²) in [5.41, 5.74) is 6.79. The predicted molar refractivity (Wildman–Crippen MR) is 72.0 cm³/mol. The van der Waals surface area contributed by atoms with Crippen molar-refractivity contribution in [2.75, 3.05) is 7.05 Å². The highest BCUT2D eigenvalue weighted by Gasteiger charge is 2.20. The molecular formula is C13H15N3OS. The van der Waals surface area contributed by atoms with Crippen LogP contribution < -0.4 is 5.73 Å². The molecule has 1 amide bonds. The molecule has 2 heterocycles. The number of rotatable bonds is 4. The van der Waals surface area contributed by atoms with Gasteiger partial charge in [-0.1, -0.05) is 12.1 Å². The molecule has 2 aromatic rings. The summed E-state index contributed by atoms with van der Waals surface area (Å²) < 4.78 is 0. The van der Waals surface area contributed by atoms with Gasteiger partial charge in [-0.3, -0.25) is 9.78 Å². The third-order valence-electron chi connectivity index (χ3n) is 2.62. The second kappa shape index (κ2) is 5.75. The van der Waals surface area contributed by atoms with Crippen molar-refractivity contribution >= 4 is 17.2 Å². The van der Waals surface area contributed by atoms with Gasteiger partial charge in [-0.25, -0.2) is 0 Å². The topological polar surface area (TPSA) is 59.2 Å². The number of hydrogen-bond acceptors (Lipinski definition) is 4. The van der Waals surface area contributed by atoms with Gasteiger partial charge in [-0.15, -0.1) is 11.3 Å². The van der Waals surface area contributed by atoms with Crippen molar-refractivity contribution < 1.29 is 4.79 Å². The number of hydrogen-bond donors (Lipinski definition) is 1. The minimum Gasteiger partial charge on any atom is -0.338 e. The normalized spacial score (nSPS) is 12.1. The third kappa shape index (κ3) is 2.94. The maximum Gasteiger partial charge on any atom is 0.245 e. The Hall–Kier alpha value is -1.72. The van der Waals surface area contributed by atoms with E-state index >= 15 is 0 Å². The molecule has 94 valence electrons. The van der Waals surface area contributed by atoms with E-state index in [-0.39, 0.29) is 5.91 Å². The zero-order valence-electron chi connectivity index (χ0n) is 10.1. The van der Waals surface area contributed by atoms with Crippen LogP contribution in [0.5, 0.6) is 0 Å². The molecule has 0 spiro atoms. The summed E-state index contributed by atoms with van der Waals surface area (Å²) in [6.45, 7) is 0.471. The van der Waals surface area contributed by atoms with E-state index in [9.17, 15) is 4.79 Å². The first kappa shape index (κ1) is 12.7. The minimum absolute atomic E-state index is 0.0943. The van der Waals surface area contributed by atoms with Crippen LogP contribution in [0.25, 0.3) is 0 Å². The lowest BCUT2D eigenvalue weighted by Crippen LogP contribution is -2.35. The number of amides is 1. The SMILES string of the molecule is CN(Cc1ccccn1)C(=O)C(N)c1cccs1. The van der Waals surface area contributed by atoms with Gasteiger partial charge in [0, 0.05) is 18.1 Å². The molecule has 18 heavy (non-hydrogen) atoms. The monoisotopic (exact) mass is 261 g/mol. The van der Waals surface area contributed by atoms with Gasteiger partial charge in [0.15, 0.2) is 0 Å². The molecule has 5 heteroatoms. The van der Waals surface area contributed by atoms with Gasteiger partial charge in [0.2, 0.25) is 5.91 Å². The Labute approximate surface area is 110 Å². The summed E-state index contributed by atoms with van der Waals surface area (Å²) in [6.07, 6.45) is 1.72. The highest BCUT2D eigenvalue weighted by molar-refractivity contribution is 7.10. The zero-order chi connectivity index (χ0) is 13.0. The molecule has 2 aromatic heterocycles. The fourth-order valence-corrected chi connectivity index (χ4v) is 2.36. The number of nitrogens with two attached hydrogens (primary N) is 1. The average Bonchev–Trinajstić information content (AvgIpc) is 2.92. The van der Waals surface area contributed by atoms with Crippen molar-refractivity contribution in [1.82, 2.24) is 9.88 Å². The van der Waals surface area contributed by atoms with Gasteiger partial charge < -0.3 is 10.6 Å². The fourth-order valence-electron chi connectivity index (χ4n) is 1.64. The molecule has 0 radical (unpaired) electrons. The van der Waals surface area contributed by atoms with Gasteiger partial charge in [0.1, 0.15) is 6.04 Å². The van der Waals surface area contributed by atoms with Crippen LogP contribution in [-0.2, 0) is 11.3 Å². The van der Waals surface area contributed by atoms with E-state index in [1.165, 1.54) is 11.3 Å². The van der Waals surface area contributed by atoms with Gasteiger partial charge in [-0.2, -0.15) is 0 Å². The number of nitrogens with zero attached hydrogens (tertiary/aromatic N) is 2. The summed E-state index contributed by atoms with van der Waals surface area (Å²) in [5, 5.41) is 1.92. The maximum absolute atomic E-state index is 12.1. The van der Waals surface area contributed by atoms with E-state index < -0.39 is 6.04 Å². The molecular weight excluding hydrogens is 246 g/mol. The van der Waals surface area contributed by atoms with Gasteiger partial charge >= 0.3 is 0 Å². The lowest BCUT2D eigenvalue weighted by Gasteiger charge is -2.20. The van der Waals surface area contributed by atoms with Gasteiger partial charge in [-0.05, 0) is 23.6 Å². The summed E-state index contributed by atoms with van der Waals surface area (Å²) in [4.78, 5) is 18.8. The standard InChI is InChI=1S/C13H15N3OS/c1-16(9-10-5-2-3-7-15-10)13(17)12(14)11-6-4-8-18-11/h2-8,12H,9,14H2,1H3. The summed E-state index contributed by atoms with van der Waals surface area (Å²) >= 11 is 1.49. The summed E-state index contributed by atoms with van der Waals surface area (Å²) in [5.74, 6) is -0.0943. The van der Waals surface area contributed by atoms with Crippen molar-refractivity contribution in [2.24, 2.45) is 5.73 Å². The Morgan fingerprint density at radius 3 is 2.89 bits per heavy atom. The Bertz CT molecular complexity index is 498. The lowest BCUT2D eigenvalue weighted by atomic mass is 10.2. The smallest absolute Gasteiger partial charge is 0.245 e. The average molecular weight is 261 g/mol.